The van der Waals surface area contributed by atoms with Crippen LogP contribution in [0.3, 0.4) is 0 Å². The average Bonchev–Trinajstić information content (AvgIpc) is 2.55. The van der Waals surface area contributed by atoms with Crippen LogP contribution in [0.25, 0.3) is 0 Å². The number of ether oxygens (including phenoxy) is 2. The van der Waals surface area contributed by atoms with Crippen molar-refractivity contribution in [1.29, 1.82) is 0 Å². The van der Waals surface area contributed by atoms with Gasteiger partial charge >= 0.3 is 6.09 Å². The Morgan fingerprint density at radius 1 is 1.19 bits per heavy atom. The first-order valence-electron chi connectivity index (χ1n) is 8.49. The van der Waals surface area contributed by atoms with E-state index in [2.05, 4.69) is 36.9 Å². The molecule has 0 radical (unpaired) electrons. The van der Waals surface area contributed by atoms with Crippen molar-refractivity contribution in [3.63, 3.8) is 0 Å². The number of nitrogens with one attached hydrogen (secondary N) is 3. The van der Waals surface area contributed by atoms with Gasteiger partial charge in [-0.3, -0.25) is 4.99 Å². The number of alkyl carbamates (subject to hydrolysis) is 1. The number of nitrogens with zero attached hydrogens (tertiary/aromatic N) is 1. The Bertz CT molecular complexity index is 615. The Morgan fingerprint density at radius 2 is 1.88 bits per heavy atom. The van der Waals surface area contributed by atoms with Gasteiger partial charge in [-0.15, -0.1) is 0 Å². The van der Waals surface area contributed by atoms with E-state index in [1.807, 2.05) is 39.0 Å². The Labute approximate surface area is 164 Å². The van der Waals surface area contributed by atoms with Crippen molar-refractivity contribution in [3.8, 4) is 5.75 Å². The second-order valence-electron chi connectivity index (χ2n) is 6.60. The van der Waals surface area contributed by atoms with Crippen LogP contribution >= 0.6 is 15.9 Å². The Morgan fingerprint density at radius 3 is 2.46 bits per heavy atom. The molecule has 0 bridgehead atoms. The number of carbonyl (C=O) groups excluding carboxylic acids is 1. The number of benzene rings is 1. The van der Waals surface area contributed by atoms with Gasteiger partial charge in [0.15, 0.2) is 5.96 Å². The molecule has 1 aromatic carbocycles. The maximum Gasteiger partial charge on any atom is 0.407 e. The predicted molar refractivity (Wildman–Crippen MR) is 108 cm³/mol. The van der Waals surface area contributed by atoms with Crippen molar-refractivity contribution >= 4 is 28.0 Å². The third kappa shape index (κ3) is 8.94. The predicted octanol–water partition coefficient (Wildman–Crippen LogP) is 3.04. The summed E-state index contributed by atoms with van der Waals surface area (Å²) >= 11 is 3.48. The smallest absolute Gasteiger partial charge is 0.407 e. The molecule has 1 amide bonds. The van der Waals surface area contributed by atoms with Crippen molar-refractivity contribution < 1.29 is 14.3 Å². The zero-order valence-electron chi connectivity index (χ0n) is 16.1. The summed E-state index contributed by atoms with van der Waals surface area (Å²) in [7, 11) is 3.36. The van der Waals surface area contributed by atoms with E-state index in [0.717, 1.165) is 22.2 Å². The first-order valence-corrected chi connectivity index (χ1v) is 9.28. The maximum absolute atomic E-state index is 11.5. The van der Waals surface area contributed by atoms with Crippen LogP contribution in [0.4, 0.5) is 4.79 Å². The standard InChI is InChI=1S/C18H29BrN4O3/c1-18(2,3)26-17(24)22-10-6-9-21-16(20-4)23-12-13-7-8-15(25-5)14(19)11-13/h7-8,11H,6,9-10,12H2,1-5H3,(H,22,24)(H2,20,21,23). The van der Waals surface area contributed by atoms with Gasteiger partial charge in [0.05, 0.1) is 11.6 Å². The van der Waals surface area contributed by atoms with Crippen molar-refractivity contribution in [2.24, 2.45) is 4.99 Å². The van der Waals surface area contributed by atoms with Crippen molar-refractivity contribution in [2.45, 2.75) is 39.3 Å². The van der Waals surface area contributed by atoms with Gasteiger partial charge in [0.2, 0.25) is 0 Å². The summed E-state index contributed by atoms with van der Waals surface area (Å²) in [5.74, 6) is 1.50. The van der Waals surface area contributed by atoms with Crippen LogP contribution in [0.15, 0.2) is 27.7 Å². The fraction of sp³-hybridized carbons (Fsp3) is 0.556. The SMILES string of the molecule is CN=C(NCCCNC(=O)OC(C)(C)C)NCc1ccc(OC)c(Br)c1. The van der Waals surface area contributed by atoms with E-state index in [1.54, 1.807) is 14.2 Å². The normalized spacial score (nSPS) is 11.7. The van der Waals surface area contributed by atoms with E-state index in [1.165, 1.54) is 0 Å². The molecule has 0 aromatic heterocycles. The molecule has 7 nitrogen and oxygen atoms in total. The molecule has 0 heterocycles. The molecule has 0 saturated heterocycles. The summed E-state index contributed by atoms with van der Waals surface area (Å²) in [5, 5.41) is 9.18. The minimum absolute atomic E-state index is 0.398. The van der Waals surface area contributed by atoms with Crippen molar-refractivity contribution in [3.05, 3.63) is 28.2 Å². The monoisotopic (exact) mass is 428 g/mol. The van der Waals surface area contributed by atoms with Crippen LogP contribution < -0.4 is 20.7 Å². The first kappa shape index (κ1) is 22.1. The van der Waals surface area contributed by atoms with E-state index >= 15 is 0 Å². The molecule has 0 fully saturated rings. The van der Waals surface area contributed by atoms with Crippen LogP contribution in [-0.2, 0) is 11.3 Å². The number of aliphatic imine (C=N–C) groups is 1. The molecule has 146 valence electrons. The molecule has 8 heteroatoms. The highest BCUT2D eigenvalue weighted by Gasteiger charge is 2.15. The quantitative estimate of drug-likeness (QED) is 0.353. The van der Waals surface area contributed by atoms with Gasteiger partial charge in [-0.1, -0.05) is 6.07 Å². The summed E-state index contributed by atoms with van der Waals surface area (Å²) in [6.07, 6.45) is 0.360. The highest BCUT2D eigenvalue weighted by atomic mass is 79.9. The molecule has 0 unspecified atom stereocenters. The average molecular weight is 429 g/mol. The lowest BCUT2D eigenvalue weighted by Crippen LogP contribution is -2.39. The second-order valence-corrected chi connectivity index (χ2v) is 7.46. The number of halogens is 1. The van der Waals surface area contributed by atoms with Gasteiger partial charge in [0.1, 0.15) is 11.4 Å². The largest absolute Gasteiger partial charge is 0.496 e. The summed E-state index contributed by atoms with van der Waals surface area (Å²) in [6.45, 7) is 7.37. The Kier molecular flexibility index (Phi) is 9.26. The van der Waals surface area contributed by atoms with Crippen molar-refractivity contribution in [1.82, 2.24) is 16.0 Å². The van der Waals surface area contributed by atoms with E-state index in [4.69, 9.17) is 9.47 Å². The number of rotatable bonds is 7. The number of amides is 1. The third-order valence-corrected chi connectivity index (χ3v) is 3.83. The van der Waals surface area contributed by atoms with Crippen LogP contribution in [0.5, 0.6) is 5.75 Å². The fourth-order valence-electron chi connectivity index (χ4n) is 2.03. The van der Waals surface area contributed by atoms with E-state index < -0.39 is 11.7 Å². The first-order chi connectivity index (χ1) is 12.2. The molecular formula is C18H29BrN4O3. The maximum atomic E-state index is 11.5. The number of hydrogen-bond acceptors (Lipinski definition) is 4. The molecular weight excluding hydrogens is 400 g/mol. The fourth-order valence-corrected chi connectivity index (χ4v) is 2.61. The molecule has 26 heavy (non-hydrogen) atoms. The summed E-state index contributed by atoms with van der Waals surface area (Å²) in [6, 6.07) is 5.91. The summed E-state index contributed by atoms with van der Waals surface area (Å²) in [4.78, 5) is 15.7. The Balaban J connectivity index is 2.27. The lowest BCUT2D eigenvalue weighted by atomic mass is 10.2. The minimum Gasteiger partial charge on any atom is -0.496 e. The molecule has 1 aromatic rings. The van der Waals surface area contributed by atoms with E-state index in [-0.39, 0.29) is 0 Å². The van der Waals surface area contributed by atoms with E-state index in [0.29, 0.717) is 25.6 Å². The van der Waals surface area contributed by atoms with Gasteiger partial charge in [-0.2, -0.15) is 0 Å². The lowest BCUT2D eigenvalue weighted by molar-refractivity contribution is 0.0527. The topological polar surface area (TPSA) is 84.0 Å². The number of hydrogen-bond donors (Lipinski definition) is 3. The van der Waals surface area contributed by atoms with Crippen LogP contribution in [0.2, 0.25) is 0 Å². The van der Waals surface area contributed by atoms with Gasteiger partial charge in [-0.25, -0.2) is 4.79 Å². The van der Waals surface area contributed by atoms with Gasteiger partial charge < -0.3 is 25.4 Å². The summed E-state index contributed by atoms with van der Waals surface area (Å²) in [5.41, 5.74) is 0.622. The number of guanidine groups is 1. The number of carbonyl (C=O) groups is 1. The van der Waals surface area contributed by atoms with Crippen LogP contribution in [-0.4, -0.2) is 44.9 Å². The lowest BCUT2D eigenvalue weighted by Gasteiger charge is -2.19. The molecule has 0 aliphatic rings. The minimum atomic E-state index is -0.481. The molecule has 1 rings (SSSR count). The molecule has 0 atom stereocenters. The third-order valence-electron chi connectivity index (χ3n) is 3.21. The zero-order chi connectivity index (χ0) is 19.6. The molecule has 3 N–H and O–H groups in total. The van der Waals surface area contributed by atoms with Gasteiger partial charge in [0, 0.05) is 26.7 Å². The number of methoxy groups -OCH3 is 1. The van der Waals surface area contributed by atoms with Crippen LogP contribution in [0.1, 0.15) is 32.8 Å². The Hall–Kier alpha value is -1.96. The van der Waals surface area contributed by atoms with Crippen molar-refractivity contribution in [2.75, 3.05) is 27.2 Å². The molecule has 0 spiro atoms. The molecule has 0 saturated carbocycles. The van der Waals surface area contributed by atoms with Gasteiger partial charge in [-0.05, 0) is 60.8 Å². The highest BCUT2D eigenvalue weighted by Crippen LogP contribution is 2.25. The zero-order valence-corrected chi connectivity index (χ0v) is 17.7. The van der Waals surface area contributed by atoms with Gasteiger partial charge in [0.25, 0.3) is 0 Å². The molecule has 0 aliphatic heterocycles. The summed E-state index contributed by atoms with van der Waals surface area (Å²) < 4.78 is 11.3. The second kappa shape index (κ2) is 10.9. The van der Waals surface area contributed by atoms with Crippen LogP contribution in [0, 0.1) is 0 Å². The highest BCUT2D eigenvalue weighted by molar-refractivity contribution is 9.10. The molecule has 0 aliphatic carbocycles. The van der Waals surface area contributed by atoms with E-state index in [9.17, 15) is 4.79 Å².